The van der Waals surface area contributed by atoms with Crippen molar-refractivity contribution in [2.24, 2.45) is 0 Å². The summed E-state index contributed by atoms with van der Waals surface area (Å²) in [5, 5.41) is 17.8. The van der Waals surface area contributed by atoms with Gasteiger partial charge in [-0.1, -0.05) is 0 Å². The van der Waals surface area contributed by atoms with E-state index in [-0.39, 0.29) is 5.75 Å². The zero-order valence-corrected chi connectivity index (χ0v) is 6.02. The number of rotatable bonds is 1. The normalized spacial score (nSPS) is 10.3. The lowest BCUT2D eigenvalue weighted by Crippen LogP contribution is -1.62. The summed E-state index contributed by atoms with van der Waals surface area (Å²) in [6.45, 7) is 0. The summed E-state index contributed by atoms with van der Waals surface area (Å²) >= 11 is 0. The van der Waals surface area contributed by atoms with E-state index in [0.29, 0.717) is 11.5 Å². The number of furan rings is 2. The smallest absolute Gasteiger partial charge is 0.326 e. The SMILES string of the molecule is Oc1cc(-c2ccco2)oc1O. The highest BCUT2D eigenvalue weighted by Gasteiger charge is 2.11. The first-order valence-electron chi connectivity index (χ1n) is 3.33. The van der Waals surface area contributed by atoms with E-state index in [1.807, 2.05) is 0 Å². The van der Waals surface area contributed by atoms with Gasteiger partial charge in [0.15, 0.2) is 11.5 Å². The minimum atomic E-state index is -0.499. The van der Waals surface area contributed by atoms with Crippen molar-refractivity contribution in [3.63, 3.8) is 0 Å². The van der Waals surface area contributed by atoms with Crippen LogP contribution in [0.1, 0.15) is 0 Å². The average Bonchev–Trinajstić information content (AvgIpc) is 2.61. The van der Waals surface area contributed by atoms with Gasteiger partial charge in [-0.05, 0) is 12.1 Å². The molecule has 0 aliphatic rings. The van der Waals surface area contributed by atoms with E-state index in [9.17, 15) is 0 Å². The predicted molar refractivity (Wildman–Crippen MR) is 39.7 cm³/mol. The third-order valence-electron chi connectivity index (χ3n) is 1.46. The van der Waals surface area contributed by atoms with E-state index in [1.165, 1.54) is 12.3 Å². The van der Waals surface area contributed by atoms with Crippen molar-refractivity contribution in [2.45, 2.75) is 0 Å². The third-order valence-corrected chi connectivity index (χ3v) is 1.46. The molecule has 0 radical (unpaired) electrons. The summed E-state index contributed by atoms with van der Waals surface area (Å²) in [6.07, 6.45) is 1.48. The molecule has 0 aromatic carbocycles. The summed E-state index contributed by atoms with van der Waals surface area (Å²) in [6, 6.07) is 4.64. The lowest BCUT2D eigenvalue weighted by atomic mass is 10.3. The van der Waals surface area contributed by atoms with Crippen LogP contribution in [-0.4, -0.2) is 10.2 Å². The van der Waals surface area contributed by atoms with Gasteiger partial charge in [0, 0.05) is 6.07 Å². The molecule has 4 heteroatoms. The molecule has 2 heterocycles. The molecule has 0 amide bonds. The second kappa shape index (κ2) is 2.34. The van der Waals surface area contributed by atoms with Gasteiger partial charge in [0.05, 0.1) is 6.26 Å². The van der Waals surface area contributed by atoms with Crippen molar-refractivity contribution < 1.29 is 19.0 Å². The number of aromatic hydroxyl groups is 2. The standard InChI is InChI=1S/C8H6O4/c9-5-4-7(12-8(5)10)6-2-1-3-11-6/h1-4,9-10H. The fourth-order valence-corrected chi connectivity index (χ4v) is 0.912. The van der Waals surface area contributed by atoms with Gasteiger partial charge in [0.2, 0.25) is 5.75 Å². The zero-order chi connectivity index (χ0) is 8.55. The highest BCUT2D eigenvalue weighted by molar-refractivity contribution is 5.54. The Morgan fingerprint density at radius 2 is 2.00 bits per heavy atom. The van der Waals surface area contributed by atoms with Crippen molar-refractivity contribution in [2.75, 3.05) is 0 Å². The van der Waals surface area contributed by atoms with Crippen LogP contribution < -0.4 is 0 Å². The van der Waals surface area contributed by atoms with Gasteiger partial charge in [-0.3, -0.25) is 0 Å². The topological polar surface area (TPSA) is 66.7 Å². The molecule has 12 heavy (non-hydrogen) atoms. The van der Waals surface area contributed by atoms with Gasteiger partial charge >= 0.3 is 5.95 Å². The van der Waals surface area contributed by atoms with Crippen molar-refractivity contribution in [3.8, 4) is 23.2 Å². The van der Waals surface area contributed by atoms with Crippen LogP contribution in [0.4, 0.5) is 0 Å². The average molecular weight is 166 g/mol. The lowest BCUT2D eigenvalue weighted by Gasteiger charge is -1.85. The quantitative estimate of drug-likeness (QED) is 0.679. The van der Waals surface area contributed by atoms with Gasteiger partial charge in [-0.25, -0.2) is 0 Å². The molecule has 2 aromatic rings. The van der Waals surface area contributed by atoms with Gasteiger partial charge in [0.1, 0.15) is 0 Å². The number of hydrogen-bond acceptors (Lipinski definition) is 4. The fraction of sp³-hybridized carbons (Fsp3) is 0. The van der Waals surface area contributed by atoms with E-state index in [1.54, 1.807) is 12.1 Å². The van der Waals surface area contributed by atoms with Crippen molar-refractivity contribution >= 4 is 0 Å². The first kappa shape index (κ1) is 6.84. The summed E-state index contributed by atoms with van der Waals surface area (Å²) in [5.41, 5.74) is 0. The minimum Gasteiger partial charge on any atom is -0.502 e. The molecule has 0 fully saturated rings. The van der Waals surface area contributed by atoms with Gasteiger partial charge in [0.25, 0.3) is 0 Å². The summed E-state index contributed by atoms with van der Waals surface area (Å²) in [4.78, 5) is 0. The molecule has 0 saturated carbocycles. The summed E-state index contributed by atoms with van der Waals surface area (Å²) in [5.74, 6) is -0.0246. The van der Waals surface area contributed by atoms with Crippen molar-refractivity contribution in [1.29, 1.82) is 0 Å². The summed E-state index contributed by atoms with van der Waals surface area (Å²) in [7, 11) is 0. The maximum atomic E-state index is 8.95. The molecule has 0 spiro atoms. The Morgan fingerprint density at radius 3 is 2.50 bits per heavy atom. The maximum absolute atomic E-state index is 8.95. The Bertz CT molecular complexity index is 352. The van der Waals surface area contributed by atoms with Crippen LogP contribution in [0.5, 0.6) is 11.7 Å². The Morgan fingerprint density at radius 1 is 1.17 bits per heavy atom. The Balaban J connectivity index is 2.48. The molecular weight excluding hydrogens is 160 g/mol. The van der Waals surface area contributed by atoms with Crippen LogP contribution in [0, 0.1) is 0 Å². The van der Waals surface area contributed by atoms with Crippen LogP contribution in [0.3, 0.4) is 0 Å². The monoisotopic (exact) mass is 166 g/mol. The molecule has 0 bridgehead atoms. The molecule has 62 valence electrons. The molecule has 0 aliphatic carbocycles. The molecular formula is C8H6O4. The Labute approximate surface area is 67.7 Å². The van der Waals surface area contributed by atoms with E-state index >= 15 is 0 Å². The van der Waals surface area contributed by atoms with Crippen LogP contribution in [0.25, 0.3) is 11.5 Å². The molecule has 0 aliphatic heterocycles. The molecule has 0 atom stereocenters. The van der Waals surface area contributed by atoms with Crippen LogP contribution >= 0.6 is 0 Å². The molecule has 2 N–H and O–H groups in total. The van der Waals surface area contributed by atoms with E-state index < -0.39 is 5.95 Å². The third kappa shape index (κ3) is 0.934. The molecule has 2 aromatic heterocycles. The van der Waals surface area contributed by atoms with Gasteiger partial charge in [-0.2, -0.15) is 0 Å². The van der Waals surface area contributed by atoms with Crippen LogP contribution in [-0.2, 0) is 0 Å². The first-order chi connectivity index (χ1) is 5.77. The predicted octanol–water partition coefficient (Wildman–Crippen LogP) is 1.95. The summed E-state index contributed by atoms with van der Waals surface area (Å²) < 4.78 is 9.74. The van der Waals surface area contributed by atoms with Crippen molar-refractivity contribution in [3.05, 3.63) is 24.5 Å². The van der Waals surface area contributed by atoms with Gasteiger partial charge in [-0.15, -0.1) is 0 Å². The number of hydrogen-bond donors (Lipinski definition) is 2. The highest BCUT2D eigenvalue weighted by Crippen LogP contribution is 2.34. The molecule has 2 rings (SSSR count). The fourth-order valence-electron chi connectivity index (χ4n) is 0.912. The van der Waals surface area contributed by atoms with Crippen LogP contribution in [0.2, 0.25) is 0 Å². The minimum absolute atomic E-state index is 0.290. The molecule has 4 nitrogen and oxygen atoms in total. The van der Waals surface area contributed by atoms with Crippen molar-refractivity contribution in [1.82, 2.24) is 0 Å². The second-order valence-electron chi connectivity index (χ2n) is 2.28. The van der Waals surface area contributed by atoms with E-state index in [0.717, 1.165) is 0 Å². The molecule has 0 saturated heterocycles. The lowest BCUT2D eigenvalue weighted by molar-refractivity contribution is 0.308. The van der Waals surface area contributed by atoms with E-state index in [2.05, 4.69) is 0 Å². The second-order valence-corrected chi connectivity index (χ2v) is 2.28. The highest BCUT2D eigenvalue weighted by atomic mass is 16.5. The van der Waals surface area contributed by atoms with E-state index in [4.69, 9.17) is 19.0 Å². The Hall–Kier alpha value is -1.84. The van der Waals surface area contributed by atoms with Crippen LogP contribution in [0.15, 0.2) is 33.3 Å². The first-order valence-corrected chi connectivity index (χ1v) is 3.33. The Kier molecular flexibility index (Phi) is 1.33. The largest absolute Gasteiger partial charge is 0.502 e. The molecule has 0 unspecified atom stereocenters. The van der Waals surface area contributed by atoms with Gasteiger partial charge < -0.3 is 19.0 Å². The zero-order valence-electron chi connectivity index (χ0n) is 6.02. The maximum Gasteiger partial charge on any atom is 0.326 e.